The quantitative estimate of drug-likeness (QED) is 0.814. The second-order valence-corrected chi connectivity index (χ2v) is 5.39. The fourth-order valence-electron chi connectivity index (χ4n) is 2.18. The molecule has 6 heteroatoms. The molecule has 0 fully saturated rings. The first-order valence-corrected chi connectivity index (χ1v) is 7.20. The maximum absolute atomic E-state index is 12.1. The van der Waals surface area contributed by atoms with Crippen molar-refractivity contribution in [2.45, 2.75) is 18.9 Å². The van der Waals surface area contributed by atoms with Crippen LogP contribution in [-0.4, -0.2) is 31.8 Å². The summed E-state index contributed by atoms with van der Waals surface area (Å²) in [5, 5.41) is 13.0. The Bertz CT molecular complexity index is 649. The Kier molecular flexibility index (Phi) is 5.28. The summed E-state index contributed by atoms with van der Waals surface area (Å²) in [5.41, 5.74) is -0.464. The fourth-order valence-corrected chi connectivity index (χ4v) is 2.18. The van der Waals surface area contributed by atoms with Crippen LogP contribution < -0.4 is 14.8 Å². The van der Waals surface area contributed by atoms with Crippen LogP contribution in [0.4, 0.5) is 0 Å². The number of methoxy groups -OCH3 is 2. The van der Waals surface area contributed by atoms with E-state index in [-0.39, 0.29) is 18.9 Å². The minimum absolute atomic E-state index is 0.0621. The van der Waals surface area contributed by atoms with Crippen molar-refractivity contribution in [1.82, 2.24) is 5.32 Å². The van der Waals surface area contributed by atoms with E-state index in [1.807, 2.05) is 0 Å². The van der Waals surface area contributed by atoms with Gasteiger partial charge in [0.05, 0.1) is 33.4 Å². The molecule has 1 aromatic carbocycles. The minimum atomic E-state index is -1.25. The van der Waals surface area contributed by atoms with Crippen molar-refractivity contribution in [2.75, 3.05) is 20.8 Å². The zero-order valence-electron chi connectivity index (χ0n) is 13.5. The van der Waals surface area contributed by atoms with Gasteiger partial charge in [-0.25, -0.2) is 0 Å². The van der Waals surface area contributed by atoms with Crippen molar-refractivity contribution in [2.24, 2.45) is 0 Å². The Labute approximate surface area is 135 Å². The molecule has 1 amide bonds. The van der Waals surface area contributed by atoms with Crippen LogP contribution in [0, 0.1) is 0 Å². The van der Waals surface area contributed by atoms with Gasteiger partial charge in [-0.3, -0.25) is 4.79 Å². The van der Waals surface area contributed by atoms with Gasteiger partial charge in [-0.05, 0) is 36.8 Å². The summed E-state index contributed by atoms with van der Waals surface area (Å²) >= 11 is 0. The molecule has 2 rings (SSSR count). The summed E-state index contributed by atoms with van der Waals surface area (Å²) in [4.78, 5) is 12.1. The van der Waals surface area contributed by atoms with E-state index < -0.39 is 5.60 Å². The van der Waals surface area contributed by atoms with Crippen LogP contribution in [0.1, 0.15) is 18.2 Å². The van der Waals surface area contributed by atoms with E-state index in [1.165, 1.54) is 6.26 Å². The second-order valence-electron chi connectivity index (χ2n) is 5.39. The SMILES string of the molecule is COc1ccc(CC(=O)NCC(C)(O)c2ccco2)cc1OC. The predicted octanol–water partition coefficient (Wildman–Crippen LogP) is 1.86. The molecule has 23 heavy (non-hydrogen) atoms. The van der Waals surface area contributed by atoms with Gasteiger partial charge in [0.15, 0.2) is 11.5 Å². The highest BCUT2D eigenvalue weighted by Crippen LogP contribution is 2.27. The van der Waals surface area contributed by atoms with Gasteiger partial charge in [-0.2, -0.15) is 0 Å². The summed E-state index contributed by atoms with van der Waals surface area (Å²) in [7, 11) is 3.10. The maximum Gasteiger partial charge on any atom is 0.224 e. The zero-order chi connectivity index (χ0) is 16.9. The first kappa shape index (κ1) is 16.9. The number of furan rings is 1. The molecule has 0 saturated heterocycles. The van der Waals surface area contributed by atoms with Crippen LogP contribution in [0.3, 0.4) is 0 Å². The van der Waals surface area contributed by atoms with Crippen molar-refractivity contribution >= 4 is 5.91 Å². The minimum Gasteiger partial charge on any atom is -0.493 e. The lowest BCUT2D eigenvalue weighted by Gasteiger charge is -2.21. The zero-order valence-corrected chi connectivity index (χ0v) is 13.5. The molecule has 0 saturated carbocycles. The molecular weight excluding hydrogens is 298 g/mol. The summed E-state index contributed by atoms with van der Waals surface area (Å²) in [6.07, 6.45) is 1.66. The number of hydrogen-bond donors (Lipinski definition) is 2. The third kappa shape index (κ3) is 4.26. The topological polar surface area (TPSA) is 80.9 Å². The van der Waals surface area contributed by atoms with Crippen molar-refractivity contribution < 1.29 is 23.8 Å². The summed E-state index contributed by atoms with van der Waals surface area (Å²) < 4.78 is 15.5. The third-order valence-electron chi connectivity index (χ3n) is 3.49. The van der Waals surface area contributed by atoms with Crippen LogP contribution in [0.5, 0.6) is 11.5 Å². The third-order valence-corrected chi connectivity index (χ3v) is 3.49. The Morgan fingerprint density at radius 3 is 2.61 bits per heavy atom. The molecule has 124 valence electrons. The number of benzene rings is 1. The summed E-state index contributed by atoms with van der Waals surface area (Å²) in [6, 6.07) is 8.66. The average molecular weight is 319 g/mol. The number of hydrogen-bond acceptors (Lipinski definition) is 5. The lowest BCUT2D eigenvalue weighted by Crippen LogP contribution is -2.39. The van der Waals surface area contributed by atoms with Crippen LogP contribution in [0.25, 0.3) is 0 Å². The Balaban J connectivity index is 1.95. The fraction of sp³-hybridized carbons (Fsp3) is 0.353. The van der Waals surface area contributed by atoms with E-state index in [0.29, 0.717) is 17.3 Å². The normalized spacial score (nSPS) is 13.2. The van der Waals surface area contributed by atoms with Gasteiger partial charge in [-0.15, -0.1) is 0 Å². The number of nitrogens with one attached hydrogen (secondary N) is 1. The van der Waals surface area contributed by atoms with E-state index in [4.69, 9.17) is 13.9 Å². The molecule has 0 spiro atoms. The molecule has 1 aromatic heterocycles. The molecule has 0 radical (unpaired) electrons. The Morgan fingerprint density at radius 2 is 2.00 bits per heavy atom. The smallest absolute Gasteiger partial charge is 0.224 e. The molecule has 0 aliphatic rings. The van der Waals surface area contributed by atoms with Gasteiger partial charge in [0, 0.05) is 0 Å². The number of carbonyl (C=O) groups is 1. The molecule has 0 bridgehead atoms. The van der Waals surface area contributed by atoms with Gasteiger partial charge < -0.3 is 24.3 Å². The van der Waals surface area contributed by atoms with Gasteiger partial charge in [-0.1, -0.05) is 6.07 Å². The van der Waals surface area contributed by atoms with Gasteiger partial charge in [0.2, 0.25) is 5.91 Å². The predicted molar refractivity (Wildman–Crippen MR) is 84.5 cm³/mol. The van der Waals surface area contributed by atoms with Crippen molar-refractivity contribution in [3.8, 4) is 11.5 Å². The van der Waals surface area contributed by atoms with Crippen molar-refractivity contribution in [3.05, 3.63) is 47.9 Å². The number of aliphatic hydroxyl groups is 1. The van der Waals surface area contributed by atoms with Crippen molar-refractivity contribution in [1.29, 1.82) is 0 Å². The lowest BCUT2D eigenvalue weighted by molar-refractivity contribution is -0.121. The van der Waals surface area contributed by atoms with Gasteiger partial charge >= 0.3 is 0 Å². The van der Waals surface area contributed by atoms with Crippen LogP contribution in [0.2, 0.25) is 0 Å². The monoisotopic (exact) mass is 319 g/mol. The lowest BCUT2D eigenvalue weighted by atomic mass is 10.0. The maximum atomic E-state index is 12.1. The molecule has 1 unspecified atom stereocenters. The Morgan fingerprint density at radius 1 is 1.26 bits per heavy atom. The summed E-state index contributed by atoms with van der Waals surface area (Å²) in [6.45, 7) is 1.65. The highest BCUT2D eigenvalue weighted by Gasteiger charge is 2.26. The van der Waals surface area contributed by atoms with Crippen LogP contribution >= 0.6 is 0 Å². The number of carbonyl (C=O) groups excluding carboxylic acids is 1. The number of amides is 1. The largest absolute Gasteiger partial charge is 0.493 e. The van der Waals surface area contributed by atoms with Gasteiger partial charge in [0.25, 0.3) is 0 Å². The number of ether oxygens (including phenoxy) is 2. The van der Waals surface area contributed by atoms with E-state index in [9.17, 15) is 9.90 Å². The highest BCUT2D eigenvalue weighted by molar-refractivity contribution is 5.78. The molecular formula is C17H21NO5. The Hall–Kier alpha value is -2.47. The molecule has 0 aliphatic heterocycles. The molecule has 1 atom stereocenters. The van der Waals surface area contributed by atoms with E-state index in [1.54, 1.807) is 51.5 Å². The summed E-state index contributed by atoms with van der Waals surface area (Å²) in [5.74, 6) is 1.38. The van der Waals surface area contributed by atoms with Crippen LogP contribution in [0.15, 0.2) is 41.0 Å². The molecule has 0 aliphatic carbocycles. The van der Waals surface area contributed by atoms with Crippen LogP contribution in [-0.2, 0) is 16.8 Å². The van der Waals surface area contributed by atoms with E-state index in [0.717, 1.165) is 5.56 Å². The highest BCUT2D eigenvalue weighted by atomic mass is 16.5. The molecule has 1 heterocycles. The van der Waals surface area contributed by atoms with E-state index in [2.05, 4.69) is 5.32 Å². The molecule has 2 aromatic rings. The average Bonchev–Trinajstić information content (AvgIpc) is 3.08. The van der Waals surface area contributed by atoms with Gasteiger partial charge in [0.1, 0.15) is 11.4 Å². The first-order valence-electron chi connectivity index (χ1n) is 7.20. The molecule has 6 nitrogen and oxygen atoms in total. The first-order chi connectivity index (χ1) is 11.0. The van der Waals surface area contributed by atoms with Crippen molar-refractivity contribution in [3.63, 3.8) is 0 Å². The number of rotatable bonds is 7. The standard InChI is InChI=1S/C17H21NO5/c1-17(20,15-5-4-8-23-15)11-18-16(19)10-12-6-7-13(21-2)14(9-12)22-3/h4-9,20H,10-11H2,1-3H3,(H,18,19). The second kappa shape index (κ2) is 7.19. The molecule has 2 N–H and O–H groups in total. The van der Waals surface area contributed by atoms with E-state index >= 15 is 0 Å².